The van der Waals surface area contributed by atoms with Gasteiger partial charge in [0.25, 0.3) is 0 Å². The molecule has 24 heavy (non-hydrogen) atoms. The number of nitrogens with zero attached hydrogens (tertiary/aromatic N) is 3. The second-order valence-corrected chi connectivity index (χ2v) is 8.11. The minimum absolute atomic E-state index is 0.241. The molecule has 0 saturated carbocycles. The maximum Gasteiger partial charge on any atom is 0.227 e. The van der Waals surface area contributed by atoms with Gasteiger partial charge in [-0.3, -0.25) is 9.48 Å². The predicted molar refractivity (Wildman–Crippen MR) is 97.0 cm³/mol. The molecule has 1 aromatic carbocycles. The van der Waals surface area contributed by atoms with Crippen LogP contribution in [0, 0.1) is 0 Å². The Balaban J connectivity index is 1.46. The summed E-state index contributed by atoms with van der Waals surface area (Å²) in [6.07, 6.45) is 8.54. The number of fused-ring (bicyclic) bond motifs is 2. The summed E-state index contributed by atoms with van der Waals surface area (Å²) in [5.74, 6) is 0.241. The molecule has 0 radical (unpaired) electrons. The highest BCUT2D eigenvalue weighted by molar-refractivity contribution is 9.10. The molecule has 0 aliphatic carbocycles. The Bertz CT molecular complexity index is 731. The van der Waals surface area contributed by atoms with Crippen LogP contribution in [-0.2, 0) is 11.2 Å². The highest BCUT2D eigenvalue weighted by atomic mass is 79.9. The van der Waals surface area contributed by atoms with Crippen molar-refractivity contribution in [1.82, 2.24) is 14.7 Å². The van der Waals surface area contributed by atoms with Crippen LogP contribution in [0.25, 0.3) is 0 Å². The molecule has 2 unspecified atom stereocenters. The standard InChI is InChI=1S/C18H19BrClN3O/c19-13-10-21-22(11-13)17-8-15-5-6-16(9-17)23(15)18(24)7-12-1-3-14(20)4-2-12/h1-4,10-11,15-17H,5-9H2. The van der Waals surface area contributed by atoms with E-state index in [0.717, 1.165) is 35.7 Å². The Morgan fingerprint density at radius 2 is 1.83 bits per heavy atom. The van der Waals surface area contributed by atoms with E-state index in [2.05, 4.69) is 30.6 Å². The van der Waals surface area contributed by atoms with Crippen LogP contribution in [-0.4, -0.2) is 32.7 Å². The second-order valence-electron chi connectivity index (χ2n) is 6.75. The van der Waals surface area contributed by atoms with Crippen LogP contribution in [0.5, 0.6) is 0 Å². The van der Waals surface area contributed by atoms with Gasteiger partial charge in [0.2, 0.25) is 5.91 Å². The summed E-state index contributed by atoms with van der Waals surface area (Å²) in [4.78, 5) is 15.0. The smallest absolute Gasteiger partial charge is 0.227 e. The van der Waals surface area contributed by atoms with E-state index in [1.807, 2.05) is 36.7 Å². The fourth-order valence-corrected chi connectivity index (χ4v) is 4.58. The molecule has 1 aromatic heterocycles. The molecule has 4 nitrogen and oxygen atoms in total. The van der Waals surface area contributed by atoms with Gasteiger partial charge in [-0.2, -0.15) is 5.10 Å². The van der Waals surface area contributed by atoms with Crippen molar-refractivity contribution in [3.63, 3.8) is 0 Å². The molecule has 0 N–H and O–H groups in total. The summed E-state index contributed by atoms with van der Waals surface area (Å²) in [6.45, 7) is 0. The number of aromatic nitrogens is 2. The van der Waals surface area contributed by atoms with Crippen molar-refractivity contribution in [2.45, 2.75) is 50.2 Å². The Morgan fingerprint density at radius 3 is 2.42 bits per heavy atom. The summed E-state index contributed by atoms with van der Waals surface area (Å²) >= 11 is 9.39. The number of piperidine rings is 1. The molecule has 4 rings (SSSR count). The lowest BCUT2D eigenvalue weighted by molar-refractivity contribution is -0.135. The molecule has 2 aromatic rings. The predicted octanol–water partition coefficient (Wildman–Crippen LogP) is 4.24. The topological polar surface area (TPSA) is 38.1 Å². The number of hydrogen-bond acceptors (Lipinski definition) is 2. The minimum Gasteiger partial charge on any atom is -0.336 e. The van der Waals surface area contributed by atoms with Crippen molar-refractivity contribution >= 4 is 33.4 Å². The van der Waals surface area contributed by atoms with Crippen molar-refractivity contribution in [3.8, 4) is 0 Å². The first kappa shape index (κ1) is 16.2. The van der Waals surface area contributed by atoms with E-state index in [1.54, 1.807) is 0 Å². The highest BCUT2D eigenvalue weighted by Gasteiger charge is 2.43. The van der Waals surface area contributed by atoms with E-state index in [1.165, 1.54) is 0 Å². The molecule has 2 fully saturated rings. The van der Waals surface area contributed by atoms with Crippen LogP contribution in [0.15, 0.2) is 41.1 Å². The third kappa shape index (κ3) is 3.11. The minimum atomic E-state index is 0.241. The Hall–Kier alpha value is -1.33. The summed E-state index contributed by atoms with van der Waals surface area (Å²) in [6, 6.07) is 8.66. The molecule has 2 saturated heterocycles. The maximum atomic E-state index is 12.8. The number of halogens is 2. The van der Waals surface area contributed by atoms with E-state index < -0.39 is 0 Å². The number of amides is 1. The summed E-state index contributed by atoms with van der Waals surface area (Å²) in [5.41, 5.74) is 1.03. The molecular formula is C18H19BrClN3O. The number of carbonyl (C=O) groups is 1. The fourth-order valence-electron chi connectivity index (χ4n) is 4.15. The van der Waals surface area contributed by atoms with E-state index in [9.17, 15) is 4.79 Å². The Labute approximate surface area is 154 Å². The second kappa shape index (κ2) is 6.52. The van der Waals surface area contributed by atoms with Crippen LogP contribution in [0.4, 0.5) is 0 Å². The molecule has 6 heteroatoms. The van der Waals surface area contributed by atoms with Crippen LogP contribution >= 0.6 is 27.5 Å². The molecule has 126 valence electrons. The lowest BCUT2D eigenvalue weighted by Gasteiger charge is -2.39. The van der Waals surface area contributed by atoms with Crippen molar-refractivity contribution in [2.75, 3.05) is 0 Å². The van der Waals surface area contributed by atoms with Gasteiger partial charge in [0.1, 0.15) is 0 Å². The van der Waals surface area contributed by atoms with Crippen LogP contribution in [0.2, 0.25) is 5.02 Å². The van der Waals surface area contributed by atoms with Gasteiger partial charge in [0.15, 0.2) is 0 Å². The van der Waals surface area contributed by atoms with Gasteiger partial charge in [-0.1, -0.05) is 23.7 Å². The van der Waals surface area contributed by atoms with Gasteiger partial charge in [0, 0.05) is 23.3 Å². The molecule has 2 aliphatic heterocycles. The average molecular weight is 409 g/mol. The average Bonchev–Trinajstić information content (AvgIpc) is 3.11. The van der Waals surface area contributed by atoms with Gasteiger partial charge in [-0.25, -0.2) is 0 Å². The normalized spacial score (nSPS) is 25.9. The van der Waals surface area contributed by atoms with Gasteiger partial charge in [-0.15, -0.1) is 0 Å². The molecule has 2 atom stereocenters. The number of carbonyl (C=O) groups excluding carboxylic acids is 1. The Morgan fingerprint density at radius 1 is 1.17 bits per heavy atom. The largest absolute Gasteiger partial charge is 0.336 e. The molecule has 2 aliphatic rings. The van der Waals surface area contributed by atoms with Gasteiger partial charge >= 0.3 is 0 Å². The lowest BCUT2D eigenvalue weighted by atomic mass is 9.96. The van der Waals surface area contributed by atoms with Crippen molar-refractivity contribution in [3.05, 3.63) is 51.7 Å². The number of hydrogen-bond donors (Lipinski definition) is 0. The zero-order chi connectivity index (χ0) is 16.7. The van der Waals surface area contributed by atoms with E-state index in [-0.39, 0.29) is 5.91 Å². The van der Waals surface area contributed by atoms with E-state index >= 15 is 0 Å². The SMILES string of the molecule is O=C(Cc1ccc(Cl)cc1)N1C2CCC1CC(n1cc(Br)cn1)C2. The van der Waals surface area contributed by atoms with E-state index in [0.29, 0.717) is 29.6 Å². The number of rotatable bonds is 3. The van der Waals surface area contributed by atoms with Crippen molar-refractivity contribution in [2.24, 2.45) is 0 Å². The third-order valence-corrected chi connectivity index (χ3v) is 5.87. The van der Waals surface area contributed by atoms with Crippen molar-refractivity contribution < 1.29 is 4.79 Å². The fraction of sp³-hybridized carbons (Fsp3) is 0.444. The summed E-state index contributed by atoms with van der Waals surface area (Å²) in [7, 11) is 0. The van der Waals surface area contributed by atoms with Crippen LogP contribution < -0.4 is 0 Å². The van der Waals surface area contributed by atoms with Crippen LogP contribution in [0.1, 0.15) is 37.3 Å². The van der Waals surface area contributed by atoms with Crippen LogP contribution in [0.3, 0.4) is 0 Å². The zero-order valence-corrected chi connectivity index (χ0v) is 15.6. The quantitative estimate of drug-likeness (QED) is 0.762. The summed E-state index contributed by atoms with van der Waals surface area (Å²) in [5, 5.41) is 5.14. The molecule has 0 spiro atoms. The highest BCUT2D eigenvalue weighted by Crippen LogP contribution is 2.41. The van der Waals surface area contributed by atoms with Gasteiger partial charge < -0.3 is 4.90 Å². The maximum absolute atomic E-state index is 12.8. The van der Waals surface area contributed by atoms with Gasteiger partial charge in [-0.05, 0) is 59.3 Å². The number of benzene rings is 1. The summed E-state index contributed by atoms with van der Waals surface area (Å²) < 4.78 is 3.06. The Kier molecular flexibility index (Phi) is 4.39. The van der Waals surface area contributed by atoms with E-state index in [4.69, 9.17) is 11.6 Å². The molecule has 1 amide bonds. The molecule has 3 heterocycles. The zero-order valence-electron chi connectivity index (χ0n) is 13.2. The monoisotopic (exact) mass is 407 g/mol. The lowest BCUT2D eigenvalue weighted by Crippen LogP contribution is -2.47. The molecule has 2 bridgehead atoms. The third-order valence-electron chi connectivity index (χ3n) is 5.21. The van der Waals surface area contributed by atoms with Crippen molar-refractivity contribution in [1.29, 1.82) is 0 Å². The first-order chi connectivity index (χ1) is 11.6. The first-order valence-electron chi connectivity index (χ1n) is 8.35. The molecular weight excluding hydrogens is 390 g/mol. The first-order valence-corrected chi connectivity index (χ1v) is 9.52. The van der Waals surface area contributed by atoms with Gasteiger partial charge in [0.05, 0.1) is 23.1 Å².